The van der Waals surface area contributed by atoms with E-state index in [1.54, 1.807) is 47.4 Å². The molecular formula is C30H31N7O3. The maximum absolute atomic E-state index is 13.5. The number of benzene rings is 2. The Kier molecular flexibility index (Phi) is 11.2. The molecule has 1 aliphatic rings. The average Bonchev–Trinajstić information content (AvgIpc) is 2.96. The van der Waals surface area contributed by atoms with Crippen molar-refractivity contribution >= 4 is 29.2 Å². The third-order valence-electron chi connectivity index (χ3n) is 6.70. The Bertz CT molecular complexity index is 1380. The molecule has 0 aromatic heterocycles. The zero-order valence-corrected chi connectivity index (χ0v) is 22.5. The summed E-state index contributed by atoms with van der Waals surface area (Å²) >= 11 is 0. The molecule has 0 aliphatic carbocycles. The van der Waals surface area contributed by atoms with E-state index in [1.807, 2.05) is 24.1 Å². The molecule has 10 heteroatoms. The zero-order valence-electron chi connectivity index (χ0n) is 22.5. The first-order chi connectivity index (χ1) is 19.3. The SMILES string of the molecule is [C-]#[N+]c1ccc(/C=C2\CN(C(=O)CCC(=O)CN(C)CCCN=[N+]=[N-])CC(Cc3ccc(C#N)cc3)C2=O)cc1. The fourth-order valence-corrected chi connectivity index (χ4v) is 4.59. The van der Waals surface area contributed by atoms with Gasteiger partial charge in [0.05, 0.1) is 24.7 Å². The number of carbonyl (C=O) groups is 3. The lowest BCUT2D eigenvalue weighted by atomic mass is 9.86. The molecule has 0 spiro atoms. The number of carbonyl (C=O) groups excluding carboxylic acids is 3. The number of Topliss-reactive ketones (excluding diaryl/α,β-unsaturated/α-hetero) is 2. The lowest BCUT2D eigenvalue weighted by Crippen LogP contribution is -2.46. The minimum absolute atomic E-state index is 0.0406. The third kappa shape index (κ3) is 8.92. The van der Waals surface area contributed by atoms with Gasteiger partial charge in [0.25, 0.3) is 0 Å². The highest BCUT2D eigenvalue weighted by Gasteiger charge is 2.33. The second-order valence-corrected chi connectivity index (χ2v) is 9.81. The number of nitrogens with zero attached hydrogens (tertiary/aromatic N) is 7. The molecule has 40 heavy (non-hydrogen) atoms. The van der Waals surface area contributed by atoms with E-state index in [4.69, 9.17) is 17.4 Å². The topological polar surface area (TPSA) is 135 Å². The Balaban J connectivity index is 1.70. The first-order valence-corrected chi connectivity index (χ1v) is 13.0. The number of ketones is 2. The molecule has 3 rings (SSSR count). The number of piperidine rings is 1. The smallest absolute Gasteiger partial charge is 0.223 e. The van der Waals surface area contributed by atoms with Gasteiger partial charge >= 0.3 is 0 Å². The molecule has 0 bridgehead atoms. The summed E-state index contributed by atoms with van der Waals surface area (Å²) in [5.41, 5.74) is 11.5. The largest absolute Gasteiger partial charge is 0.337 e. The van der Waals surface area contributed by atoms with Gasteiger partial charge in [-0.2, -0.15) is 5.26 Å². The van der Waals surface area contributed by atoms with Gasteiger partial charge in [0.1, 0.15) is 5.78 Å². The molecule has 1 fully saturated rings. The molecule has 1 unspecified atom stereocenters. The van der Waals surface area contributed by atoms with Crippen LogP contribution in [0.3, 0.4) is 0 Å². The molecule has 2 aromatic rings. The van der Waals surface area contributed by atoms with Crippen molar-refractivity contribution in [1.29, 1.82) is 5.26 Å². The summed E-state index contributed by atoms with van der Waals surface area (Å²) in [4.78, 5) is 48.8. The van der Waals surface area contributed by atoms with E-state index in [1.165, 1.54) is 0 Å². The van der Waals surface area contributed by atoms with E-state index >= 15 is 0 Å². The Hall–Kier alpha value is -4.76. The van der Waals surface area contributed by atoms with Crippen LogP contribution in [-0.2, 0) is 20.8 Å². The number of azide groups is 1. The maximum atomic E-state index is 13.5. The van der Waals surface area contributed by atoms with Gasteiger partial charge in [0, 0.05) is 48.9 Å². The lowest BCUT2D eigenvalue weighted by molar-refractivity contribution is -0.136. The van der Waals surface area contributed by atoms with Gasteiger partial charge in [-0.15, -0.1) is 0 Å². The number of hydrogen-bond donors (Lipinski definition) is 0. The van der Waals surface area contributed by atoms with Crippen LogP contribution in [0.1, 0.15) is 36.0 Å². The maximum Gasteiger partial charge on any atom is 0.223 e. The van der Waals surface area contributed by atoms with Crippen molar-refractivity contribution in [3.63, 3.8) is 0 Å². The summed E-state index contributed by atoms with van der Waals surface area (Å²) < 4.78 is 0. The van der Waals surface area contributed by atoms with Crippen LogP contribution >= 0.6 is 0 Å². The number of likely N-dealkylation sites (tertiary alicyclic amines) is 1. The van der Waals surface area contributed by atoms with Crippen LogP contribution in [-0.4, -0.2) is 67.0 Å². The van der Waals surface area contributed by atoms with Crippen LogP contribution in [0.15, 0.2) is 59.2 Å². The van der Waals surface area contributed by atoms with Crippen LogP contribution in [0.2, 0.25) is 0 Å². The molecule has 1 atom stereocenters. The quantitative estimate of drug-likeness (QED) is 0.0962. The molecular weight excluding hydrogens is 506 g/mol. The van der Waals surface area contributed by atoms with Crippen LogP contribution < -0.4 is 0 Å². The molecule has 1 heterocycles. The Morgan fingerprint density at radius 1 is 1.20 bits per heavy atom. The number of amides is 1. The molecule has 1 amide bonds. The van der Waals surface area contributed by atoms with E-state index in [2.05, 4.69) is 20.9 Å². The number of hydrogen-bond acceptors (Lipinski definition) is 6. The standard InChI is InChI=1S/C30H31N7O3/c1-33-27-10-8-23(9-11-27)17-26-20-37(19-25(30(26)40)16-22-4-6-24(18-31)7-5-22)29(39)13-12-28(38)21-36(2)15-3-14-34-35-32/h4-11,17,25H,3,12-16,19-21H2,2H3/b26-17+. The van der Waals surface area contributed by atoms with Crippen molar-refractivity contribution in [2.75, 3.05) is 39.8 Å². The second-order valence-electron chi connectivity index (χ2n) is 9.81. The van der Waals surface area contributed by atoms with E-state index in [0.29, 0.717) is 42.8 Å². The van der Waals surface area contributed by atoms with Crippen molar-refractivity contribution < 1.29 is 14.4 Å². The number of likely N-dealkylation sites (N-methyl/N-ethyl adjacent to an activating group) is 1. The van der Waals surface area contributed by atoms with Crippen LogP contribution in [0.4, 0.5) is 5.69 Å². The molecule has 1 aliphatic heterocycles. The molecule has 0 saturated carbocycles. The number of rotatable bonds is 12. The molecule has 0 N–H and O–H groups in total. The fraction of sp³-hybridized carbons (Fsp3) is 0.367. The van der Waals surface area contributed by atoms with Crippen molar-refractivity contribution in [1.82, 2.24) is 9.80 Å². The van der Waals surface area contributed by atoms with Crippen molar-refractivity contribution in [3.05, 3.63) is 92.7 Å². The minimum atomic E-state index is -0.461. The monoisotopic (exact) mass is 537 g/mol. The van der Waals surface area contributed by atoms with Crippen LogP contribution in [0.5, 0.6) is 0 Å². The highest BCUT2D eigenvalue weighted by atomic mass is 16.2. The van der Waals surface area contributed by atoms with Gasteiger partial charge in [-0.05, 0) is 61.3 Å². The Labute approximate surface area is 233 Å². The van der Waals surface area contributed by atoms with E-state index in [9.17, 15) is 14.4 Å². The third-order valence-corrected chi connectivity index (χ3v) is 6.70. The summed E-state index contributed by atoms with van der Waals surface area (Å²) in [5, 5.41) is 12.6. The van der Waals surface area contributed by atoms with Gasteiger partial charge in [-0.25, -0.2) is 4.85 Å². The van der Waals surface area contributed by atoms with E-state index in [0.717, 1.165) is 11.1 Å². The van der Waals surface area contributed by atoms with Crippen LogP contribution in [0, 0.1) is 23.8 Å². The van der Waals surface area contributed by atoms with Gasteiger partial charge < -0.3 is 4.90 Å². The summed E-state index contributed by atoms with van der Waals surface area (Å²) in [6, 6.07) is 16.1. The highest BCUT2D eigenvalue weighted by Crippen LogP contribution is 2.25. The Morgan fingerprint density at radius 3 is 2.58 bits per heavy atom. The summed E-state index contributed by atoms with van der Waals surface area (Å²) in [7, 11) is 1.81. The predicted molar refractivity (Wildman–Crippen MR) is 151 cm³/mol. The second kappa shape index (κ2) is 15.0. The fourth-order valence-electron chi connectivity index (χ4n) is 4.59. The molecule has 204 valence electrons. The van der Waals surface area contributed by atoms with Gasteiger partial charge in [-0.3, -0.25) is 19.3 Å². The normalized spacial score (nSPS) is 15.8. The predicted octanol–water partition coefficient (Wildman–Crippen LogP) is 4.74. The first-order valence-electron chi connectivity index (χ1n) is 13.0. The highest BCUT2D eigenvalue weighted by molar-refractivity contribution is 6.03. The Morgan fingerprint density at radius 2 is 1.93 bits per heavy atom. The number of nitriles is 1. The van der Waals surface area contributed by atoms with Crippen molar-refractivity contribution in [3.8, 4) is 6.07 Å². The summed E-state index contributed by atoms with van der Waals surface area (Å²) in [6.07, 6.45) is 2.97. The van der Waals surface area contributed by atoms with Gasteiger partial charge in [0.15, 0.2) is 11.5 Å². The first kappa shape index (κ1) is 29.8. The minimum Gasteiger partial charge on any atom is -0.337 e. The molecule has 1 saturated heterocycles. The van der Waals surface area contributed by atoms with E-state index < -0.39 is 5.92 Å². The average molecular weight is 538 g/mol. The van der Waals surface area contributed by atoms with E-state index in [-0.39, 0.29) is 49.9 Å². The van der Waals surface area contributed by atoms with Crippen molar-refractivity contribution in [2.45, 2.75) is 25.7 Å². The van der Waals surface area contributed by atoms with Crippen molar-refractivity contribution in [2.24, 2.45) is 11.0 Å². The lowest BCUT2D eigenvalue weighted by Gasteiger charge is -2.34. The summed E-state index contributed by atoms with van der Waals surface area (Å²) in [6.45, 7) is 8.71. The zero-order chi connectivity index (χ0) is 28.9. The van der Waals surface area contributed by atoms with Gasteiger partial charge in [0.2, 0.25) is 5.91 Å². The van der Waals surface area contributed by atoms with Crippen LogP contribution in [0.25, 0.3) is 21.4 Å². The molecule has 2 aromatic carbocycles. The van der Waals surface area contributed by atoms with Gasteiger partial charge in [-0.1, -0.05) is 41.5 Å². The summed E-state index contributed by atoms with van der Waals surface area (Å²) in [5.74, 6) is -0.748. The molecule has 0 radical (unpaired) electrons. The molecule has 10 nitrogen and oxygen atoms in total.